The first-order chi connectivity index (χ1) is 5.25. The van der Waals surface area contributed by atoms with E-state index in [0.29, 0.717) is 0 Å². The van der Waals surface area contributed by atoms with E-state index in [4.69, 9.17) is 11.8 Å². The molecule has 1 aromatic carbocycles. The maximum absolute atomic E-state index is 5.12. The fraction of sp³-hybridized carbons (Fsp3) is 0.250. The minimum atomic E-state index is 0.833. The molecule has 0 fully saturated rings. The summed E-state index contributed by atoms with van der Waals surface area (Å²) in [5.41, 5.74) is 3.16. The van der Waals surface area contributed by atoms with Gasteiger partial charge in [-0.15, -0.1) is 5.11 Å². The molecule has 58 valence electrons. The molecule has 0 heterocycles. The van der Waals surface area contributed by atoms with Gasteiger partial charge in [0, 0.05) is 0 Å². The number of rotatable bonds is 1. The van der Waals surface area contributed by atoms with Crippen LogP contribution in [-0.4, -0.2) is 0 Å². The monoisotopic (exact) mass is 168 g/mol. The van der Waals surface area contributed by atoms with E-state index in [-0.39, 0.29) is 0 Å². The minimum absolute atomic E-state index is 0.833. The van der Waals surface area contributed by atoms with E-state index in [1.807, 2.05) is 32.0 Å². The van der Waals surface area contributed by atoms with Crippen LogP contribution in [0.5, 0.6) is 0 Å². The Bertz CT molecular complexity index is 281. The van der Waals surface area contributed by atoms with Crippen molar-refractivity contribution in [3.05, 3.63) is 29.3 Å². The van der Waals surface area contributed by atoms with Crippen molar-refractivity contribution in [2.45, 2.75) is 13.8 Å². The normalized spacial score (nSPS) is 10.8. The number of aryl methyl sites for hydroxylation is 1. The van der Waals surface area contributed by atoms with Gasteiger partial charge in [0.05, 0.1) is 17.5 Å². The van der Waals surface area contributed by atoms with Gasteiger partial charge >= 0.3 is 0 Å². The molecule has 0 unspecified atom stereocenters. The second kappa shape index (κ2) is 3.49. The molecule has 0 aliphatic rings. The summed E-state index contributed by atoms with van der Waals surface area (Å²) < 4.78 is 3.21. The third kappa shape index (κ3) is 1.77. The predicted octanol–water partition coefficient (Wildman–Crippen LogP) is 3.54. The molecule has 0 N–H and O–H groups in total. The van der Waals surface area contributed by atoms with Gasteiger partial charge in [0.2, 0.25) is 0 Å². The molecule has 0 radical (unpaired) electrons. The van der Waals surface area contributed by atoms with Crippen LogP contribution in [-0.2, 0) is 0 Å². The Morgan fingerprint density at radius 2 is 2.00 bits per heavy atom. The number of hydrogen-bond donors (Lipinski definition) is 0. The van der Waals surface area contributed by atoms with E-state index >= 15 is 0 Å². The summed E-state index contributed by atoms with van der Waals surface area (Å²) in [6, 6.07) is 5.85. The lowest BCUT2D eigenvalue weighted by atomic mass is 10.1. The van der Waals surface area contributed by atoms with Crippen LogP contribution in [0.15, 0.2) is 27.9 Å². The van der Waals surface area contributed by atoms with Crippen molar-refractivity contribution in [2.75, 3.05) is 0 Å². The van der Waals surface area contributed by atoms with Crippen LogP contribution in [0.2, 0.25) is 0 Å². The molecular weight excluding hydrogens is 160 g/mol. The van der Waals surface area contributed by atoms with E-state index in [2.05, 4.69) is 9.75 Å². The van der Waals surface area contributed by atoms with Gasteiger partial charge in [0.1, 0.15) is 0 Å². The molecule has 1 rings (SSSR count). The summed E-state index contributed by atoms with van der Waals surface area (Å²) >= 11 is 5.12. The molecule has 2 nitrogen and oxygen atoms in total. The lowest BCUT2D eigenvalue weighted by Gasteiger charge is -2.00. The summed E-state index contributed by atoms with van der Waals surface area (Å²) in [6.07, 6.45) is 0. The van der Waals surface area contributed by atoms with E-state index in [1.54, 1.807) is 0 Å². The molecule has 0 saturated heterocycles. The van der Waals surface area contributed by atoms with Crippen LogP contribution in [0.25, 0.3) is 0 Å². The smallest absolute Gasteiger partial charge is 0.0899 e. The van der Waals surface area contributed by atoms with Crippen molar-refractivity contribution in [1.82, 2.24) is 0 Å². The molecule has 3 heteroatoms. The molecule has 0 aromatic heterocycles. The highest BCUT2D eigenvalue weighted by molar-refractivity contribution is 6.14. The van der Waals surface area contributed by atoms with E-state index in [9.17, 15) is 0 Å². The molecule has 0 spiro atoms. The second-order valence-electron chi connectivity index (χ2n) is 2.39. The van der Waals surface area contributed by atoms with E-state index < -0.39 is 0 Å². The molecular formula is C8H9ClN2. The summed E-state index contributed by atoms with van der Waals surface area (Å²) in [7, 11) is 0. The predicted molar refractivity (Wildman–Crippen MR) is 46.3 cm³/mol. The first-order valence-electron chi connectivity index (χ1n) is 3.34. The zero-order valence-corrected chi connectivity index (χ0v) is 7.26. The Morgan fingerprint density at radius 3 is 2.64 bits per heavy atom. The van der Waals surface area contributed by atoms with Crippen LogP contribution in [0.1, 0.15) is 11.1 Å². The zero-order valence-electron chi connectivity index (χ0n) is 6.50. The fourth-order valence-electron chi connectivity index (χ4n) is 0.885. The number of halogens is 1. The van der Waals surface area contributed by atoms with Crippen molar-refractivity contribution in [3.63, 3.8) is 0 Å². The molecule has 0 aliphatic carbocycles. The summed E-state index contributed by atoms with van der Waals surface area (Å²) in [5.74, 6) is 0. The van der Waals surface area contributed by atoms with Crippen molar-refractivity contribution >= 4 is 17.5 Å². The topological polar surface area (TPSA) is 24.7 Å². The average molecular weight is 169 g/mol. The van der Waals surface area contributed by atoms with Crippen molar-refractivity contribution in [2.24, 2.45) is 9.75 Å². The van der Waals surface area contributed by atoms with Crippen LogP contribution in [0.3, 0.4) is 0 Å². The second-order valence-corrected chi connectivity index (χ2v) is 2.55. The Labute approximate surface area is 71.0 Å². The molecule has 0 aliphatic heterocycles. The number of nitrogens with zero attached hydrogens (tertiary/aromatic N) is 2. The van der Waals surface area contributed by atoms with Crippen molar-refractivity contribution in [3.8, 4) is 0 Å². The van der Waals surface area contributed by atoms with Crippen LogP contribution >= 0.6 is 11.8 Å². The van der Waals surface area contributed by atoms with Crippen LogP contribution in [0.4, 0.5) is 5.69 Å². The number of benzene rings is 1. The Kier molecular flexibility index (Phi) is 2.60. The van der Waals surface area contributed by atoms with E-state index in [0.717, 1.165) is 11.3 Å². The van der Waals surface area contributed by atoms with Crippen LogP contribution in [0, 0.1) is 13.8 Å². The molecule has 0 bridgehead atoms. The van der Waals surface area contributed by atoms with Gasteiger partial charge in [-0.3, -0.25) is 0 Å². The highest BCUT2D eigenvalue weighted by Crippen LogP contribution is 2.21. The zero-order chi connectivity index (χ0) is 8.27. The van der Waals surface area contributed by atoms with Gasteiger partial charge in [-0.1, -0.05) is 16.8 Å². The first-order valence-corrected chi connectivity index (χ1v) is 3.67. The molecule has 0 atom stereocenters. The van der Waals surface area contributed by atoms with Gasteiger partial charge in [0.15, 0.2) is 0 Å². The fourth-order valence-corrected chi connectivity index (χ4v) is 0.966. The number of hydrogen-bond acceptors (Lipinski definition) is 2. The summed E-state index contributed by atoms with van der Waals surface area (Å²) in [4.78, 5) is 0. The van der Waals surface area contributed by atoms with Gasteiger partial charge in [0.25, 0.3) is 0 Å². The standard InChI is InChI=1S/C8H9ClN2/c1-6-4-3-5-8(7(6)2)10-11-9/h3-5H,1-2H3/b11-10+. The third-order valence-corrected chi connectivity index (χ3v) is 1.80. The first kappa shape index (κ1) is 8.21. The summed E-state index contributed by atoms with van der Waals surface area (Å²) in [6.45, 7) is 4.03. The van der Waals surface area contributed by atoms with Gasteiger partial charge in [-0.25, -0.2) is 0 Å². The Balaban J connectivity index is 3.16. The molecule has 0 amide bonds. The van der Waals surface area contributed by atoms with Crippen LogP contribution < -0.4 is 0 Å². The van der Waals surface area contributed by atoms with Gasteiger partial charge in [-0.2, -0.15) is 0 Å². The lowest BCUT2D eigenvalue weighted by Crippen LogP contribution is -1.78. The largest absolute Gasteiger partial charge is 0.138 e. The minimum Gasteiger partial charge on any atom is -0.138 e. The molecule has 1 aromatic rings. The van der Waals surface area contributed by atoms with E-state index in [1.165, 1.54) is 5.56 Å². The highest BCUT2D eigenvalue weighted by atomic mass is 35.5. The SMILES string of the molecule is Cc1cccc(/N=N/Cl)c1C. The average Bonchev–Trinajstić information content (AvgIpc) is 1.99. The quantitative estimate of drug-likeness (QED) is 0.573. The van der Waals surface area contributed by atoms with Crippen molar-refractivity contribution < 1.29 is 0 Å². The maximum atomic E-state index is 5.12. The lowest BCUT2D eigenvalue weighted by molar-refractivity contribution is 1.25. The van der Waals surface area contributed by atoms with Gasteiger partial charge < -0.3 is 0 Å². The Hall–Kier alpha value is -0.890. The Morgan fingerprint density at radius 1 is 1.27 bits per heavy atom. The molecule has 0 saturated carbocycles. The highest BCUT2D eigenvalue weighted by Gasteiger charge is 1.97. The third-order valence-electron chi connectivity index (χ3n) is 1.72. The summed E-state index contributed by atoms with van der Waals surface area (Å²) in [5, 5.41) is 3.76. The molecule has 11 heavy (non-hydrogen) atoms. The van der Waals surface area contributed by atoms with Crippen molar-refractivity contribution in [1.29, 1.82) is 0 Å². The van der Waals surface area contributed by atoms with Gasteiger partial charge in [-0.05, 0) is 31.0 Å². The maximum Gasteiger partial charge on any atom is 0.0899 e.